The van der Waals surface area contributed by atoms with E-state index in [9.17, 15) is 29.7 Å². The predicted octanol–water partition coefficient (Wildman–Crippen LogP) is -4.40. The molecule has 1 aliphatic carbocycles. The lowest BCUT2D eigenvalue weighted by molar-refractivity contribution is -0.140. The number of aliphatic hydroxyl groups is 3. The van der Waals surface area contributed by atoms with Crippen LogP contribution in [0.15, 0.2) is 0 Å². The molecule has 144 valence electrons. The Hall–Kier alpha value is -1.83. The molecule has 0 aliphatic heterocycles. The van der Waals surface area contributed by atoms with Crippen LogP contribution in [0.25, 0.3) is 0 Å². The summed E-state index contributed by atoms with van der Waals surface area (Å²) in [7, 11) is 0. The molecule has 0 bridgehead atoms. The molecule has 0 radical (unpaired) electrons. The minimum absolute atomic E-state index is 0.0957. The van der Waals surface area contributed by atoms with Crippen molar-refractivity contribution in [2.75, 3.05) is 19.6 Å². The molecule has 0 saturated heterocycles. The van der Waals surface area contributed by atoms with E-state index in [4.69, 9.17) is 15.3 Å². The van der Waals surface area contributed by atoms with Gasteiger partial charge in [0.2, 0.25) is 0 Å². The summed E-state index contributed by atoms with van der Waals surface area (Å²) in [4.78, 5) is 32.0. The first-order chi connectivity index (χ1) is 11.6. The van der Waals surface area contributed by atoms with Crippen molar-refractivity contribution in [1.82, 2.24) is 16.0 Å². The highest BCUT2D eigenvalue weighted by molar-refractivity contribution is 5.69. The molecule has 0 aromatic carbocycles. The highest BCUT2D eigenvalue weighted by Gasteiger charge is 2.49. The Morgan fingerprint density at radius 2 is 1.00 bits per heavy atom. The molecule has 25 heavy (non-hydrogen) atoms. The number of carbonyl (C=O) groups is 3. The molecule has 1 aliphatic rings. The highest BCUT2D eigenvalue weighted by Crippen LogP contribution is 2.22. The number of carboxylic acids is 3. The van der Waals surface area contributed by atoms with E-state index in [2.05, 4.69) is 16.0 Å². The van der Waals surface area contributed by atoms with Gasteiger partial charge in [0.15, 0.2) is 0 Å². The Kier molecular flexibility index (Phi) is 8.15. The molecule has 0 amide bonds. The lowest BCUT2D eigenvalue weighted by atomic mass is 9.79. The summed E-state index contributed by atoms with van der Waals surface area (Å²) in [6.45, 7) is -1.26. The fourth-order valence-corrected chi connectivity index (χ4v) is 2.76. The summed E-state index contributed by atoms with van der Waals surface area (Å²) in [5.74, 6) is -3.58. The van der Waals surface area contributed by atoms with Crippen molar-refractivity contribution in [3.05, 3.63) is 0 Å². The molecule has 9 N–H and O–H groups in total. The Morgan fingerprint density at radius 3 is 1.32 bits per heavy atom. The van der Waals surface area contributed by atoms with Gasteiger partial charge in [-0.1, -0.05) is 0 Å². The quantitative estimate of drug-likeness (QED) is 0.180. The molecule has 0 aromatic heterocycles. The summed E-state index contributed by atoms with van der Waals surface area (Å²) in [6, 6.07) is -3.48. The van der Waals surface area contributed by atoms with Crippen LogP contribution in [0.3, 0.4) is 0 Å². The van der Waals surface area contributed by atoms with E-state index >= 15 is 0 Å². The number of hydrogen-bond acceptors (Lipinski definition) is 9. The first-order valence-electron chi connectivity index (χ1n) is 7.55. The Morgan fingerprint density at radius 1 is 0.640 bits per heavy atom. The monoisotopic (exact) mass is 365 g/mol. The van der Waals surface area contributed by atoms with E-state index < -0.39 is 67.4 Å². The van der Waals surface area contributed by atoms with E-state index in [-0.39, 0.29) is 13.0 Å². The first kappa shape index (κ1) is 21.2. The maximum absolute atomic E-state index is 10.7. The standard InChI is InChI=1S/C13H23N3O9/c17-5(18)1-2-14-8-11(23)9(15-3-6(19)20)13(25)10(12(8)24)16-4-7(21)22/h8-16,23-25H,1-4H2,(H,17,18)(H,19,20)(H,21,22)/t8?,9-,10+,11-,12+,13?. The average Bonchev–Trinajstić information content (AvgIpc) is 2.49. The zero-order valence-corrected chi connectivity index (χ0v) is 13.2. The van der Waals surface area contributed by atoms with Gasteiger partial charge >= 0.3 is 17.9 Å². The molecular formula is C13H23N3O9. The molecule has 6 atom stereocenters. The summed E-state index contributed by atoms with van der Waals surface area (Å²) in [5.41, 5.74) is 0. The van der Waals surface area contributed by atoms with Crippen LogP contribution in [0.5, 0.6) is 0 Å². The second kappa shape index (κ2) is 9.60. The number of aliphatic hydroxyl groups excluding tert-OH is 3. The summed E-state index contributed by atoms with van der Waals surface area (Å²) >= 11 is 0. The minimum atomic E-state index is -1.48. The molecule has 12 heteroatoms. The Balaban J connectivity index is 2.90. The van der Waals surface area contributed by atoms with E-state index in [1.165, 1.54) is 0 Å². The zero-order valence-electron chi connectivity index (χ0n) is 13.2. The SMILES string of the molecule is O=C(O)CCNC1[C@@H](O)[C@@H](NCC(=O)O)C(O)[C@@H](NCC(=O)O)[C@H]1O. The number of nitrogens with one attached hydrogen (secondary N) is 3. The van der Waals surface area contributed by atoms with Crippen molar-refractivity contribution < 1.29 is 45.0 Å². The Bertz CT molecular complexity index is 457. The molecule has 1 saturated carbocycles. The van der Waals surface area contributed by atoms with Gasteiger partial charge in [0.25, 0.3) is 0 Å². The maximum atomic E-state index is 10.7. The third-order valence-corrected chi connectivity index (χ3v) is 3.90. The van der Waals surface area contributed by atoms with Crippen molar-refractivity contribution in [3.63, 3.8) is 0 Å². The highest BCUT2D eigenvalue weighted by atomic mass is 16.4. The van der Waals surface area contributed by atoms with Crippen LogP contribution in [-0.4, -0.2) is 105 Å². The molecule has 0 aromatic rings. The predicted molar refractivity (Wildman–Crippen MR) is 80.9 cm³/mol. The second-order valence-electron chi connectivity index (χ2n) is 5.70. The van der Waals surface area contributed by atoms with Gasteiger partial charge in [-0.2, -0.15) is 0 Å². The largest absolute Gasteiger partial charge is 0.481 e. The van der Waals surface area contributed by atoms with Crippen LogP contribution in [0.2, 0.25) is 0 Å². The average molecular weight is 365 g/mol. The fraction of sp³-hybridized carbons (Fsp3) is 0.769. The topological polar surface area (TPSA) is 209 Å². The summed E-state index contributed by atoms with van der Waals surface area (Å²) in [5, 5.41) is 64.5. The minimum Gasteiger partial charge on any atom is -0.481 e. The molecule has 1 fully saturated rings. The number of carboxylic acid groups (broad SMARTS) is 3. The second-order valence-corrected chi connectivity index (χ2v) is 5.70. The zero-order chi connectivity index (χ0) is 19.1. The molecule has 0 spiro atoms. The van der Waals surface area contributed by atoms with E-state index in [0.717, 1.165) is 0 Å². The molecular weight excluding hydrogens is 342 g/mol. The van der Waals surface area contributed by atoms with E-state index in [1.54, 1.807) is 0 Å². The van der Waals surface area contributed by atoms with Crippen LogP contribution >= 0.6 is 0 Å². The van der Waals surface area contributed by atoms with Gasteiger partial charge < -0.3 is 36.0 Å². The van der Waals surface area contributed by atoms with Crippen LogP contribution in [-0.2, 0) is 14.4 Å². The van der Waals surface area contributed by atoms with Crippen LogP contribution in [0, 0.1) is 0 Å². The molecule has 1 rings (SSSR count). The van der Waals surface area contributed by atoms with Gasteiger partial charge in [0.05, 0.1) is 55.9 Å². The van der Waals surface area contributed by atoms with Crippen molar-refractivity contribution in [2.45, 2.75) is 42.9 Å². The van der Waals surface area contributed by atoms with E-state index in [0.29, 0.717) is 0 Å². The van der Waals surface area contributed by atoms with E-state index in [1.807, 2.05) is 0 Å². The van der Waals surface area contributed by atoms with Gasteiger partial charge in [-0.3, -0.25) is 25.0 Å². The lowest BCUT2D eigenvalue weighted by Gasteiger charge is -2.46. The fourth-order valence-electron chi connectivity index (χ4n) is 2.76. The molecule has 12 nitrogen and oxygen atoms in total. The Labute approximate surface area is 142 Å². The normalized spacial score (nSPS) is 32.3. The van der Waals surface area contributed by atoms with Crippen molar-refractivity contribution >= 4 is 17.9 Å². The molecule has 0 heterocycles. The van der Waals surface area contributed by atoms with Gasteiger partial charge in [0, 0.05) is 6.54 Å². The van der Waals surface area contributed by atoms with Crippen molar-refractivity contribution in [1.29, 1.82) is 0 Å². The molecule has 2 unspecified atom stereocenters. The smallest absolute Gasteiger partial charge is 0.317 e. The van der Waals surface area contributed by atoms with Crippen LogP contribution in [0.1, 0.15) is 6.42 Å². The van der Waals surface area contributed by atoms with Gasteiger partial charge in [0.1, 0.15) is 0 Å². The number of aliphatic carboxylic acids is 3. The summed E-state index contributed by atoms with van der Waals surface area (Å²) < 4.78 is 0. The third kappa shape index (κ3) is 6.19. The maximum Gasteiger partial charge on any atom is 0.317 e. The van der Waals surface area contributed by atoms with Crippen LogP contribution < -0.4 is 16.0 Å². The van der Waals surface area contributed by atoms with Crippen LogP contribution in [0.4, 0.5) is 0 Å². The first-order valence-corrected chi connectivity index (χ1v) is 7.55. The third-order valence-electron chi connectivity index (χ3n) is 3.90. The van der Waals surface area contributed by atoms with Gasteiger partial charge in [-0.25, -0.2) is 0 Å². The lowest BCUT2D eigenvalue weighted by Crippen LogP contribution is -2.74. The van der Waals surface area contributed by atoms with Gasteiger partial charge in [-0.05, 0) is 0 Å². The number of rotatable bonds is 10. The summed E-state index contributed by atoms with van der Waals surface area (Å²) in [6.07, 6.45) is -4.66. The van der Waals surface area contributed by atoms with Gasteiger partial charge in [-0.15, -0.1) is 0 Å². The van der Waals surface area contributed by atoms with Crippen molar-refractivity contribution in [2.24, 2.45) is 0 Å². The number of hydrogen-bond donors (Lipinski definition) is 9. The van der Waals surface area contributed by atoms with Crippen molar-refractivity contribution in [3.8, 4) is 0 Å².